The van der Waals surface area contributed by atoms with Crippen LogP contribution in [0.1, 0.15) is 0 Å². The molecule has 2 nitrogen and oxygen atoms in total. The lowest BCUT2D eigenvalue weighted by molar-refractivity contribution is 0.417. The fourth-order valence-electron chi connectivity index (χ4n) is 1.56. The molecule has 4 heteroatoms. The predicted molar refractivity (Wildman–Crippen MR) is 67.0 cm³/mol. The third kappa shape index (κ3) is 2.10. The van der Waals surface area contributed by atoms with Crippen molar-refractivity contribution >= 4 is 27.8 Å². The predicted octanol–water partition coefficient (Wildman–Crippen LogP) is 1.45. The molecule has 0 spiro atoms. The summed E-state index contributed by atoms with van der Waals surface area (Å²) in [5, 5.41) is 11.9. The van der Waals surface area contributed by atoms with E-state index >= 15 is 0 Å². The molecule has 0 aliphatic carbocycles. The third-order valence-corrected chi connectivity index (χ3v) is 5.04. The van der Waals surface area contributed by atoms with Gasteiger partial charge in [0.05, 0.1) is 15.2 Å². The molecule has 0 fully saturated rings. The van der Waals surface area contributed by atoms with E-state index in [1.165, 1.54) is 0 Å². The molecule has 1 rings (SSSR count). The van der Waals surface area contributed by atoms with Gasteiger partial charge in [-0.3, -0.25) is 0 Å². The summed E-state index contributed by atoms with van der Waals surface area (Å²) in [5.74, 6) is 1.21. The Morgan fingerprint density at radius 1 is 1.29 bits per heavy atom. The quantitative estimate of drug-likeness (QED) is 0.613. The molecule has 0 aromatic heterocycles. The van der Waals surface area contributed by atoms with Crippen LogP contribution in [0, 0.1) is 0 Å². The zero-order chi connectivity index (χ0) is 10.9. The molecular formula is C10H17O2PSi. The van der Waals surface area contributed by atoms with Crippen LogP contribution in [-0.2, 0) is 0 Å². The van der Waals surface area contributed by atoms with Crippen molar-refractivity contribution in [1.82, 2.24) is 0 Å². The van der Waals surface area contributed by atoms with E-state index in [2.05, 4.69) is 28.9 Å². The van der Waals surface area contributed by atoms with E-state index in [1.807, 2.05) is 0 Å². The topological polar surface area (TPSA) is 29.5 Å². The Hall–Kier alpha value is -0.533. The minimum atomic E-state index is -1.52. The van der Waals surface area contributed by atoms with Crippen LogP contribution in [0.25, 0.3) is 0 Å². The number of phenols is 1. The lowest BCUT2D eigenvalue weighted by Crippen LogP contribution is -2.44. The zero-order valence-corrected chi connectivity index (χ0v) is 11.2. The summed E-state index contributed by atoms with van der Waals surface area (Å²) < 4.78 is 5.23. The van der Waals surface area contributed by atoms with Gasteiger partial charge in [0, 0.05) is 5.30 Å². The summed E-state index contributed by atoms with van der Waals surface area (Å²) in [5.41, 5.74) is 0. The van der Waals surface area contributed by atoms with Crippen LogP contribution in [0.5, 0.6) is 11.5 Å². The summed E-state index contributed by atoms with van der Waals surface area (Å²) in [7, 11) is 2.79. The number of hydrogen-bond donors (Lipinski definition) is 1. The van der Waals surface area contributed by atoms with E-state index in [0.717, 1.165) is 16.2 Å². The molecule has 0 radical (unpaired) electrons. The number of ether oxygens (including phenoxy) is 1. The van der Waals surface area contributed by atoms with E-state index < -0.39 is 8.07 Å². The summed E-state index contributed by atoms with van der Waals surface area (Å²) in [6.45, 7) is 6.61. The highest BCUT2D eigenvalue weighted by molar-refractivity contribution is 7.29. The van der Waals surface area contributed by atoms with Crippen molar-refractivity contribution in [3.63, 3.8) is 0 Å². The van der Waals surface area contributed by atoms with Gasteiger partial charge in [-0.15, -0.1) is 9.24 Å². The first-order valence-electron chi connectivity index (χ1n) is 4.54. The molecule has 1 unspecified atom stereocenters. The molecule has 0 saturated carbocycles. The summed E-state index contributed by atoms with van der Waals surface area (Å²) in [4.78, 5) is 0. The molecule has 1 N–H and O–H groups in total. The van der Waals surface area contributed by atoms with E-state index in [9.17, 15) is 5.11 Å². The van der Waals surface area contributed by atoms with Gasteiger partial charge in [-0.2, -0.15) is 0 Å². The lowest BCUT2D eigenvalue weighted by Gasteiger charge is -2.22. The Balaban J connectivity index is 3.40. The molecule has 1 aromatic rings. The smallest absolute Gasteiger partial charge is 0.126 e. The van der Waals surface area contributed by atoms with Gasteiger partial charge in [0.1, 0.15) is 11.5 Å². The summed E-state index contributed by atoms with van der Waals surface area (Å²) >= 11 is 0. The third-order valence-electron chi connectivity index (χ3n) is 2.15. The molecule has 0 amide bonds. The second-order valence-electron chi connectivity index (χ2n) is 4.33. The van der Waals surface area contributed by atoms with Crippen molar-refractivity contribution in [2.24, 2.45) is 0 Å². The molecule has 14 heavy (non-hydrogen) atoms. The van der Waals surface area contributed by atoms with Crippen LogP contribution in [-0.4, -0.2) is 20.3 Å². The number of phenolic OH excluding ortho intramolecular Hbond substituents is 1. The monoisotopic (exact) mass is 228 g/mol. The maximum Gasteiger partial charge on any atom is 0.126 e. The average Bonchev–Trinajstić information content (AvgIpc) is 2.02. The Morgan fingerprint density at radius 3 is 2.29 bits per heavy atom. The molecule has 0 aliphatic heterocycles. The molecular weight excluding hydrogens is 211 g/mol. The largest absolute Gasteiger partial charge is 0.508 e. The maximum atomic E-state index is 9.81. The van der Waals surface area contributed by atoms with Crippen LogP contribution >= 0.6 is 9.24 Å². The average molecular weight is 228 g/mol. The normalized spacial score (nSPS) is 11.5. The van der Waals surface area contributed by atoms with Gasteiger partial charge in [0.25, 0.3) is 0 Å². The van der Waals surface area contributed by atoms with Crippen LogP contribution < -0.4 is 15.2 Å². The molecule has 78 valence electrons. The first kappa shape index (κ1) is 11.5. The van der Waals surface area contributed by atoms with Crippen molar-refractivity contribution in [3.8, 4) is 11.5 Å². The fraction of sp³-hybridized carbons (Fsp3) is 0.400. The van der Waals surface area contributed by atoms with Crippen molar-refractivity contribution in [3.05, 3.63) is 12.1 Å². The highest BCUT2D eigenvalue weighted by atomic mass is 31.0. The summed E-state index contributed by atoms with van der Waals surface area (Å²) in [6, 6.07) is 3.50. The van der Waals surface area contributed by atoms with Crippen LogP contribution in [0.3, 0.4) is 0 Å². The number of methoxy groups -OCH3 is 1. The van der Waals surface area contributed by atoms with Gasteiger partial charge in [-0.1, -0.05) is 19.6 Å². The van der Waals surface area contributed by atoms with E-state index in [0.29, 0.717) is 5.75 Å². The zero-order valence-electron chi connectivity index (χ0n) is 9.09. The van der Waals surface area contributed by atoms with Gasteiger partial charge < -0.3 is 9.84 Å². The van der Waals surface area contributed by atoms with E-state index in [4.69, 9.17) is 4.74 Å². The van der Waals surface area contributed by atoms with Gasteiger partial charge in [-0.25, -0.2) is 0 Å². The molecule has 0 heterocycles. The number of aromatic hydroxyl groups is 1. The molecule has 0 aliphatic rings. The van der Waals surface area contributed by atoms with Gasteiger partial charge >= 0.3 is 0 Å². The number of rotatable bonds is 2. The first-order valence-corrected chi connectivity index (χ1v) is 8.61. The molecule has 0 saturated heterocycles. The Bertz CT molecular complexity index is 345. The fourth-order valence-corrected chi connectivity index (χ4v) is 5.00. The standard InChI is InChI=1S/C10H17O2PSi/c1-12-8-6-5-7(11)10(9(8)13)14(2,3)4/h5-6,11H,13H2,1-4H3. The molecule has 0 bridgehead atoms. The lowest BCUT2D eigenvalue weighted by atomic mass is 10.3. The number of benzene rings is 1. The minimum Gasteiger partial charge on any atom is -0.508 e. The maximum absolute atomic E-state index is 9.81. The van der Waals surface area contributed by atoms with Crippen LogP contribution in [0.15, 0.2) is 12.1 Å². The van der Waals surface area contributed by atoms with Crippen LogP contribution in [0.4, 0.5) is 0 Å². The number of hydrogen-bond acceptors (Lipinski definition) is 2. The van der Waals surface area contributed by atoms with Gasteiger partial charge in [0.2, 0.25) is 0 Å². The first-order chi connectivity index (χ1) is 6.38. The Morgan fingerprint density at radius 2 is 1.86 bits per heavy atom. The second kappa shape index (κ2) is 3.91. The van der Waals surface area contributed by atoms with Crippen molar-refractivity contribution < 1.29 is 9.84 Å². The minimum absolute atomic E-state index is 0.384. The molecule has 1 aromatic carbocycles. The van der Waals surface area contributed by atoms with Gasteiger partial charge in [-0.05, 0) is 17.3 Å². The second-order valence-corrected chi connectivity index (χ2v) is 9.90. The van der Waals surface area contributed by atoms with E-state index in [-0.39, 0.29) is 0 Å². The van der Waals surface area contributed by atoms with Crippen molar-refractivity contribution in [2.75, 3.05) is 7.11 Å². The van der Waals surface area contributed by atoms with Crippen molar-refractivity contribution in [1.29, 1.82) is 0 Å². The highest BCUT2D eigenvalue weighted by Crippen LogP contribution is 2.19. The Labute approximate surface area is 88.5 Å². The van der Waals surface area contributed by atoms with Gasteiger partial charge in [0.15, 0.2) is 0 Å². The van der Waals surface area contributed by atoms with Crippen molar-refractivity contribution in [2.45, 2.75) is 19.6 Å². The van der Waals surface area contributed by atoms with E-state index in [1.54, 1.807) is 19.2 Å². The van der Waals surface area contributed by atoms with Crippen LogP contribution in [0.2, 0.25) is 19.6 Å². The highest BCUT2D eigenvalue weighted by Gasteiger charge is 2.24. The summed E-state index contributed by atoms with van der Waals surface area (Å²) in [6.07, 6.45) is 0. The Kier molecular flexibility index (Phi) is 3.23. The molecule has 1 atom stereocenters. The SMILES string of the molecule is COc1ccc(O)c([Si](C)(C)C)c1P.